The molecule has 27 heavy (non-hydrogen) atoms. The van der Waals surface area contributed by atoms with E-state index in [4.69, 9.17) is 0 Å². The van der Waals surface area contributed by atoms with Crippen LogP contribution < -0.4 is 10.6 Å². The van der Waals surface area contributed by atoms with Gasteiger partial charge in [-0.15, -0.1) is 11.3 Å². The molecule has 0 unspecified atom stereocenters. The molecule has 0 radical (unpaired) electrons. The maximum Gasteiger partial charge on any atom is 0.259 e. The Morgan fingerprint density at radius 3 is 2.26 bits per heavy atom. The SMILES string of the molecule is CC(C)(C)c1ccc(C(=O)Nc2ccccc2C(=O)Nc2nccs2)cc1. The number of hydrogen-bond donors (Lipinski definition) is 2. The van der Waals surface area contributed by atoms with Gasteiger partial charge in [-0.25, -0.2) is 4.98 Å². The summed E-state index contributed by atoms with van der Waals surface area (Å²) < 4.78 is 0. The molecule has 0 aliphatic carbocycles. The van der Waals surface area contributed by atoms with Crippen molar-refractivity contribution >= 4 is 34.0 Å². The first-order valence-electron chi connectivity index (χ1n) is 8.56. The van der Waals surface area contributed by atoms with Gasteiger partial charge < -0.3 is 5.32 Å². The van der Waals surface area contributed by atoms with Gasteiger partial charge in [-0.1, -0.05) is 45.0 Å². The summed E-state index contributed by atoms with van der Waals surface area (Å²) in [7, 11) is 0. The molecule has 0 spiro atoms. The van der Waals surface area contributed by atoms with Crippen molar-refractivity contribution in [2.75, 3.05) is 10.6 Å². The second-order valence-electron chi connectivity index (χ2n) is 7.12. The third-order valence-electron chi connectivity index (χ3n) is 4.09. The number of carbonyl (C=O) groups excluding carboxylic acids is 2. The number of carbonyl (C=O) groups is 2. The standard InChI is InChI=1S/C21H21N3O2S/c1-21(2,3)15-10-8-14(9-11-15)18(25)23-17-7-5-4-6-16(17)19(26)24-20-22-12-13-27-20/h4-13H,1-3H3,(H,23,25)(H,22,24,26). The van der Waals surface area contributed by atoms with Gasteiger partial charge in [0.25, 0.3) is 11.8 Å². The maximum atomic E-state index is 12.6. The van der Waals surface area contributed by atoms with Gasteiger partial charge >= 0.3 is 0 Å². The highest BCUT2D eigenvalue weighted by Crippen LogP contribution is 2.23. The number of amides is 2. The van der Waals surface area contributed by atoms with Crippen LogP contribution in [0.1, 0.15) is 47.1 Å². The van der Waals surface area contributed by atoms with Crippen LogP contribution in [0.15, 0.2) is 60.1 Å². The number of benzene rings is 2. The average Bonchev–Trinajstić information content (AvgIpc) is 3.14. The Bertz CT molecular complexity index is 942. The van der Waals surface area contributed by atoms with E-state index < -0.39 is 0 Å². The van der Waals surface area contributed by atoms with Crippen LogP contribution in [0, 0.1) is 0 Å². The largest absolute Gasteiger partial charge is 0.321 e. The highest BCUT2D eigenvalue weighted by Gasteiger charge is 2.17. The molecule has 2 aromatic carbocycles. The van der Waals surface area contributed by atoms with E-state index in [1.54, 1.807) is 48.0 Å². The summed E-state index contributed by atoms with van der Waals surface area (Å²) in [6.07, 6.45) is 1.62. The van der Waals surface area contributed by atoms with Gasteiger partial charge in [0, 0.05) is 17.1 Å². The van der Waals surface area contributed by atoms with E-state index in [-0.39, 0.29) is 17.2 Å². The van der Waals surface area contributed by atoms with E-state index in [2.05, 4.69) is 36.4 Å². The van der Waals surface area contributed by atoms with Crippen LogP contribution in [0.3, 0.4) is 0 Å². The van der Waals surface area contributed by atoms with Gasteiger partial charge in [-0.05, 0) is 35.2 Å². The van der Waals surface area contributed by atoms with Crippen LogP contribution in [-0.2, 0) is 5.41 Å². The smallest absolute Gasteiger partial charge is 0.259 e. The Kier molecular flexibility index (Phi) is 5.37. The predicted molar refractivity (Wildman–Crippen MR) is 110 cm³/mol. The molecule has 0 fully saturated rings. The molecule has 1 aromatic heterocycles. The van der Waals surface area contributed by atoms with E-state index in [0.717, 1.165) is 5.56 Å². The molecule has 0 saturated carbocycles. The first-order valence-corrected chi connectivity index (χ1v) is 9.44. The minimum absolute atomic E-state index is 0.0233. The highest BCUT2D eigenvalue weighted by molar-refractivity contribution is 7.13. The van der Waals surface area contributed by atoms with Gasteiger partial charge in [0.15, 0.2) is 5.13 Å². The average molecular weight is 379 g/mol. The van der Waals surface area contributed by atoms with Crippen molar-refractivity contribution in [3.8, 4) is 0 Å². The van der Waals surface area contributed by atoms with Crippen LogP contribution in [0.2, 0.25) is 0 Å². The van der Waals surface area contributed by atoms with Crippen LogP contribution in [-0.4, -0.2) is 16.8 Å². The van der Waals surface area contributed by atoms with Gasteiger partial charge in [-0.2, -0.15) is 0 Å². The van der Waals surface area contributed by atoms with Gasteiger partial charge in [0.05, 0.1) is 11.3 Å². The zero-order valence-electron chi connectivity index (χ0n) is 15.4. The molecule has 2 amide bonds. The Hall–Kier alpha value is -2.99. The molecular formula is C21H21N3O2S. The maximum absolute atomic E-state index is 12.6. The van der Waals surface area contributed by atoms with Gasteiger partial charge in [0.1, 0.15) is 0 Å². The highest BCUT2D eigenvalue weighted by atomic mass is 32.1. The lowest BCUT2D eigenvalue weighted by Gasteiger charge is -2.19. The predicted octanol–water partition coefficient (Wildman–Crippen LogP) is 4.95. The summed E-state index contributed by atoms with van der Waals surface area (Å²) in [6, 6.07) is 14.4. The first kappa shape index (κ1) is 18.8. The van der Waals surface area contributed by atoms with Crippen molar-refractivity contribution < 1.29 is 9.59 Å². The monoisotopic (exact) mass is 379 g/mol. The Morgan fingerprint density at radius 2 is 1.63 bits per heavy atom. The van der Waals surface area contributed by atoms with Gasteiger partial charge in [0.2, 0.25) is 0 Å². The lowest BCUT2D eigenvalue weighted by molar-refractivity contribution is 0.102. The van der Waals surface area contributed by atoms with Crippen molar-refractivity contribution in [3.05, 3.63) is 76.8 Å². The minimum Gasteiger partial charge on any atom is -0.321 e. The molecule has 0 saturated heterocycles. The van der Waals surface area contributed by atoms with Crippen molar-refractivity contribution in [1.29, 1.82) is 0 Å². The molecule has 3 rings (SSSR count). The van der Waals surface area contributed by atoms with E-state index in [1.165, 1.54) is 11.3 Å². The Morgan fingerprint density at radius 1 is 0.926 bits per heavy atom. The number of para-hydroxylation sites is 1. The van der Waals surface area contributed by atoms with Crippen LogP contribution in [0.5, 0.6) is 0 Å². The fraction of sp³-hybridized carbons (Fsp3) is 0.190. The molecule has 6 heteroatoms. The molecule has 138 valence electrons. The molecule has 0 aliphatic rings. The molecule has 5 nitrogen and oxygen atoms in total. The van der Waals surface area contributed by atoms with Crippen molar-refractivity contribution in [2.24, 2.45) is 0 Å². The summed E-state index contributed by atoms with van der Waals surface area (Å²) in [4.78, 5) is 29.2. The summed E-state index contributed by atoms with van der Waals surface area (Å²) in [5.41, 5.74) is 2.56. The third-order valence-corrected chi connectivity index (χ3v) is 4.77. The number of nitrogens with one attached hydrogen (secondary N) is 2. The van der Waals surface area contributed by atoms with Crippen LogP contribution in [0.4, 0.5) is 10.8 Å². The lowest BCUT2D eigenvalue weighted by Crippen LogP contribution is -2.18. The second kappa shape index (κ2) is 7.72. The molecule has 2 N–H and O–H groups in total. The van der Waals surface area contributed by atoms with E-state index in [9.17, 15) is 9.59 Å². The number of hydrogen-bond acceptors (Lipinski definition) is 4. The van der Waals surface area contributed by atoms with Crippen LogP contribution >= 0.6 is 11.3 Å². The topological polar surface area (TPSA) is 71.1 Å². The zero-order valence-corrected chi connectivity index (χ0v) is 16.3. The number of nitrogens with zero attached hydrogens (tertiary/aromatic N) is 1. The zero-order chi connectivity index (χ0) is 19.4. The minimum atomic E-state index is -0.316. The summed E-state index contributed by atoms with van der Waals surface area (Å²) >= 11 is 1.34. The number of anilines is 2. The fourth-order valence-electron chi connectivity index (χ4n) is 2.56. The molecule has 1 heterocycles. The van der Waals surface area contributed by atoms with Crippen molar-refractivity contribution in [1.82, 2.24) is 4.98 Å². The van der Waals surface area contributed by atoms with Crippen molar-refractivity contribution in [3.63, 3.8) is 0 Å². The summed E-state index contributed by atoms with van der Waals surface area (Å²) in [6.45, 7) is 6.37. The quantitative estimate of drug-likeness (QED) is 0.674. The summed E-state index contributed by atoms with van der Waals surface area (Å²) in [5.74, 6) is -0.575. The molecule has 0 aliphatic heterocycles. The molecule has 3 aromatic rings. The second-order valence-corrected chi connectivity index (χ2v) is 8.01. The third kappa shape index (κ3) is 4.60. The van der Waals surface area contributed by atoms with Crippen LogP contribution in [0.25, 0.3) is 0 Å². The van der Waals surface area contributed by atoms with Gasteiger partial charge in [-0.3, -0.25) is 14.9 Å². The molecule has 0 atom stereocenters. The summed E-state index contributed by atoms with van der Waals surface area (Å²) in [5, 5.41) is 7.86. The Balaban J connectivity index is 1.77. The number of thiazole rings is 1. The van der Waals surface area contributed by atoms with E-state index >= 15 is 0 Å². The van der Waals surface area contributed by atoms with E-state index in [1.807, 2.05) is 12.1 Å². The number of rotatable bonds is 4. The molecular weight excluding hydrogens is 358 g/mol. The lowest BCUT2D eigenvalue weighted by atomic mass is 9.86. The number of aromatic nitrogens is 1. The molecule has 0 bridgehead atoms. The normalized spacial score (nSPS) is 11.1. The first-order chi connectivity index (χ1) is 12.8. The Labute approximate surface area is 162 Å². The van der Waals surface area contributed by atoms with E-state index in [0.29, 0.717) is 21.9 Å². The fourth-order valence-corrected chi connectivity index (χ4v) is 3.08. The van der Waals surface area contributed by atoms with Crippen molar-refractivity contribution in [2.45, 2.75) is 26.2 Å².